The van der Waals surface area contributed by atoms with Gasteiger partial charge in [-0.2, -0.15) is 23.1 Å². The van der Waals surface area contributed by atoms with Crippen molar-refractivity contribution in [3.63, 3.8) is 0 Å². The lowest BCUT2D eigenvalue weighted by Gasteiger charge is -2.40. The van der Waals surface area contributed by atoms with E-state index >= 15 is 0 Å². The van der Waals surface area contributed by atoms with Crippen LogP contribution in [0.25, 0.3) is 27.5 Å². The lowest BCUT2D eigenvalue weighted by Crippen LogP contribution is -2.55. The first kappa shape index (κ1) is 27.4. The number of alkyl halides is 3. The van der Waals surface area contributed by atoms with Crippen molar-refractivity contribution in [2.45, 2.75) is 51.0 Å². The minimum absolute atomic E-state index is 0.0474. The third-order valence-corrected chi connectivity index (χ3v) is 8.09. The van der Waals surface area contributed by atoms with Crippen LogP contribution in [0.2, 0.25) is 0 Å². The SMILES string of the molecule is C[C@H]1CNC[C@H](C)N1c1nc(OC[C@@H]2CCCN2C)nc2c(=O)n(-c3cccc4ccccc34)c(C(F)(F)F)nc12. The van der Waals surface area contributed by atoms with Crippen LogP contribution in [0.4, 0.5) is 19.0 Å². The van der Waals surface area contributed by atoms with Crippen LogP contribution in [-0.2, 0) is 6.18 Å². The number of halogens is 3. The highest BCUT2D eigenvalue weighted by Crippen LogP contribution is 2.35. The van der Waals surface area contributed by atoms with Crippen molar-refractivity contribution in [1.82, 2.24) is 29.7 Å². The third kappa shape index (κ3) is 4.99. The quantitative estimate of drug-likeness (QED) is 0.387. The second kappa shape index (κ2) is 10.6. The highest BCUT2D eigenvalue weighted by atomic mass is 19.4. The van der Waals surface area contributed by atoms with Crippen LogP contribution >= 0.6 is 0 Å². The zero-order valence-electron chi connectivity index (χ0n) is 23.1. The van der Waals surface area contributed by atoms with Gasteiger partial charge in [-0.1, -0.05) is 36.4 Å². The summed E-state index contributed by atoms with van der Waals surface area (Å²) in [6.45, 7) is 6.35. The monoisotopic (exact) mass is 567 g/mol. The van der Waals surface area contributed by atoms with Crippen molar-refractivity contribution >= 4 is 27.6 Å². The average molecular weight is 568 g/mol. The molecule has 0 saturated carbocycles. The predicted octanol–water partition coefficient (Wildman–Crippen LogP) is 4.01. The van der Waals surface area contributed by atoms with Crippen molar-refractivity contribution in [2.24, 2.45) is 0 Å². The Morgan fingerprint density at radius 2 is 1.73 bits per heavy atom. The molecule has 216 valence electrons. The van der Waals surface area contributed by atoms with Gasteiger partial charge in [0.2, 0.25) is 5.82 Å². The molecule has 3 atom stereocenters. The number of benzene rings is 2. The first-order chi connectivity index (χ1) is 19.6. The first-order valence-electron chi connectivity index (χ1n) is 13.9. The van der Waals surface area contributed by atoms with Gasteiger partial charge in [-0.3, -0.25) is 9.36 Å². The minimum Gasteiger partial charge on any atom is -0.462 e. The van der Waals surface area contributed by atoms with E-state index in [1.807, 2.05) is 25.8 Å². The molecular weight excluding hydrogens is 535 g/mol. The molecular formula is C29H32F3N7O2. The van der Waals surface area contributed by atoms with Crippen LogP contribution in [0.3, 0.4) is 0 Å². The topological polar surface area (TPSA) is 88.4 Å². The molecule has 12 heteroatoms. The molecule has 0 amide bonds. The van der Waals surface area contributed by atoms with Gasteiger partial charge in [-0.05, 0) is 51.7 Å². The summed E-state index contributed by atoms with van der Waals surface area (Å²) < 4.78 is 50.6. The summed E-state index contributed by atoms with van der Waals surface area (Å²) in [6.07, 6.45) is -2.93. The molecule has 0 unspecified atom stereocenters. The fourth-order valence-electron chi connectivity index (χ4n) is 6.00. The molecule has 2 aliphatic heterocycles. The van der Waals surface area contributed by atoms with Gasteiger partial charge in [0.15, 0.2) is 11.3 Å². The van der Waals surface area contributed by atoms with E-state index in [4.69, 9.17) is 4.74 Å². The molecule has 2 aromatic carbocycles. The molecule has 2 saturated heterocycles. The van der Waals surface area contributed by atoms with E-state index < -0.39 is 17.6 Å². The molecule has 4 aromatic rings. The first-order valence-corrected chi connectivity index (χ1v) is 13.9. The van der Waals surface area contributed by atoms with Gasteiger partial charge in [0.25, 0.3) is 5.56 Å². The number of nitrogens with zero attached hydrogens (tertiary/aromatic N) is 6. The van der Waals surface area contributed by atoms with Crippen molar-refractivity contribution in [2.75, 3.05) is 38.2 Å². The Morgan fingerprint density at radius 3 is 2.44 bits per heavy atom. The number of anilines is 1. The number of aromatic nitrogens is 4. The highest BCUT2D eigenvalue weighted by molar-refractivity contribution is 5.91. The normalized spacial score (nSPS) is 22.1. The molecule has 0 aliphatic carbocycles. The smallest absolute Gasteiger partial charge is 0.450 e. The largest absolute Gasteiger partial charge is 0.462 e. The van der Waals surface area contributed by atoms with Gasteiger partial charge in [0, 0.05) is 36.6 Å². The Morgan fingerprint density at radius 1 is 1.00 bits per heavy atom. The Hall–Kier alpha value is -3.77. The molecule has 41 heavy (non-hydrogen) atoms. The zero-order chi connectivity index (χ0) is 28.9. The van der Waals surface area contributed by atoms with E-state index in [-0.39, 0.29) is 46.7 Å². The summed E-state index contributed by atoms with van der Waals surface area (Å²) in [4.78, 5) is 31.3. The van der Waals surface area contributed by atoms with E-state index in [2.05, 4.69) is 25.2 Å². The van der Waals surface area contributed by atoms with E-state index in [0.29, 0.717) is 35.0 Å². The fraction of sp³-hybridized carbons (Fsp3) is 0.448. The Balaban J connectivity index is 1.61. The fourth-order valence-corrected chi connectivity index (χ4v) is 6.00. The molecule has 2 aliphatic rings. The number of nitrogens with one attached hydrogen (secondary N) is 1. The van der Waals surface area contributed by atoms with Crippen LogP contribution in [0.1, 0.15) is 32.5 Å². The minimum atomic E-state index is -4.93. The standard InChI is InChI=1S/C29H32F3N7O2/c1-17-14-33-15-18(2)38(17)25-23-24(35-28(36-25)41-16-20-10-7-13-37(20)3)26(40)39(27(34-23)29(30,31)32)22-12-6-9-19-8-4-5-11-21(19)22/h4-6,8-9,11-12,17-18,20,33H,7,10,13-16H2,1-3H3/t17-,18-,20-/m0/s1. The van der Waals surface area contributed by atoms with Gasteiger partial charge in [-0.15, -0.1) is 0 Å². The van der Waals surface area contributed by atoms with Gasteiger partial charge >= 0.3 is 12.2 Å². The maximum atomic E-state index is 14.7. The summed E-state index contributed by atoms with van der Waals surface area (Å²) in [6, 6.07) is 11.7. The van der Waals surface area contributed by atoms with Gasteiger partial charge in [-0.25, -0.2) is 4.98 Å². The molecule has 0 spiro atoms. The molecule has 0 radical (unpaired) electrons. The molecule has 2 aromatic heterocycles. The van der Waals surface area contributed by atoms with Crippen LogP contribution in [0.5, 0.6) is 6.01 Å². The average Bonchev–Trinajstić information content (AvgIpc) is 3.35. The van der Waals surface area contributed by atoms with Crippen LogP contribution in [0, 0.1) is 0 Å². The van der Waals surface area contributed by atoms with Gasteiger partial charge in [0.1, 0.15) is 12.1 Å². The number of ether oxygens (including phenoxy) is 1. The van der Waals surface area contributed by atoms with Gasteiger partial charge < -0.3 is 19.9 Å². The summed E-state index contributed by atoms with van der Waals surface area (Å²) in [5.74, 6) is -1.16. The Labute approximate surface area is 235 Å². The summed E-state index contributed by atoms with van der Waals surface area (Å²) >= 11 is 0. The molecule has 1 N–H and O–H groups in total. The molecule has 4 heterocycles. The van der Waals surface area contributed by atoms with Crippen molar-refractivity contribution in [1.29, 1.82) is 0 Å². The van der Waals surface area contributed by atoms with Crippen molar-refractivity contribution in [3.8, 4) is 11.7 Å². The molecule has 0 bridgehead atoms. The summed E-state index contributed by atoms with van der Waals surface area (Å²) in [5.41, 5.74) is -1.26. The number of likely N-dealkylation sites (tertiary alicyclic amines) is 1. The van der Waals surface area contributed by atoms with E-state index in [9.17, 15) is 18.0 Å². The predicted molar refractivity (Wildman–Crippen MR) is 151 cm³/mol. The maximum Gasteiger partial charge on any atom is 0.450 e. The van der Waals surface area contributed by atoms with Crippen LogP contribution in [-0.4, -0.2) is 75.8 Å². The second-order valence-electron chi connectivity index (χ2n) is 11.0. The second-order valence-corrected chi connectivity index (χ2v) is 11.0. The Bertz CT molecular complexity index is 1640. The number of fused-ring (bicyclic) bond motifs is 2. The number of rotatable bonds is 5. The molecule has 2 fully saturated rings. The lowest BCUT2D eigenvalue weighted by molar-refractivity contribution is -0.146. The van der Waals surface area contributed by atoms with Crippen LogP contribution < -0.4 is 20.5 Å². The number of hydrogen-bond donors (Lipinski definition) is 1. The summed E-state index contributed by atoms with van der Waals surface area (Å²) in [7, 11) is 2.02. The lowest BCUT2D eigenvalue weighted by atomic mass is 10.1. The number of likely N-dealkylation sites (N-methyl/N-ethyl adjacent to an activating group) is 1. The highest BCUT2D eigenvalue weighted by Gasteiger charge is 2.40. The number of hydrogen-bond acceptors (Lipinski definition) is 8. The van der Waals surface area contributed by atoms with Gasteiger partial charge in [0.05, 0.1) is 5.69 Å². The van der Waals surface area contributed by atoms with E-state index in [0.717, 1.165) is 19.4 Å². The van der Waals surface area contributed by atoms with E-state index in [1.54, 1.807) is 36.4 Å². The van der Waals surface area contributed by atoms with Crippen molar-refractivity contribution < 1.29 is 17.9 Å². The van der Waals surface area contributed by atoms with Crippen molar-refractivity contribution in [3.05, 3.63) is 58.6 Å². The summed E-state index contributed by atoms with van der Waals surface area (Å²) in [5, 5.41) is 4.51. The Kier molecular flexibility index (Phi) is 7.06. The van der Waals surface area contributed by atoms with E-state index in [1.165, 1.54) is 6.07 Å². The molecule has 9 nitrogen and oxygen atoms in total. The third-order valence-electron chi connectivity index (χ3n) is 8.09. The number of piperazine rings is 1. The molecule has 6 rings (SSSR count). The van der Waals surface area contributed by atoms with Crippen LogP contribution in [0.15, 0.2) is 47.3 Å². The zero-order valence-corrected chi connectivity index (χ0v) is 23.1. The maximum absolute atomic E-state index is 14.7.